The Hall–Kier alpha value is -1.39. The molecule has 5 heteroatoms. The number of carbonyl (C=O) groups excluding carboxylic acids is 3. The van der Waals surface area contributed by atoms with Crippen LogP contribution in [0.4, 0.5) is 4.79 Å². The average Bonchev–Trinajstić information content (AvgIpc) is 2.17. The van der Waals surface area contributed by atoms with Crippen molar-refractivity contribution >= 4 is 17.8 Å². The molecule has 0 spiro atoms. The highest BCUT2D eigenvalue weighted by atomic mass is 16.2. The average molecular weight is 212 g/mol. The van der Waals surface area contributed by atoms with E-state index in [1.807, 2.05) is 6.92 Å². The van der Waals surface area contributed by atoms with Gasteiger partial charge in [-0.05, 0) is 13.3 Å². The summed E-state index contributed by atoms with van der Waals surface area (Å²) in [5, 5.41) is 0. The molecule has 5 nitrogen and oxygen atoms in total. The van der Waals surface area contributed by atoms with E-state index >= 15 is 0 Å². The van der Waals surface area contributed by atoms with E-state index in [1.54, 1.807) is 6.92 Å². The summed E-state index contributed by atoms with van der Waals surface area (Å²) in [6, 6.07) is -0.466. The maximum atomic E-state index is 11.7. The molecular weight excluding hydrogens is 196 g/mol. The van der Waals surface area contributed by atoms with Crippen molar-refractivity contribution in [3.63, 3.8) is 0 Å². The van der Waals surface area contributed by atoms with Gasteiger partial charge < -0.3 is 0 Å². The quantitative estimate of drug-likeness (QED) is 0.653. The van der Waals surface area contributed by atoms with E-state index in [-0.39, 0.29) is 18.2 Å². The van der Waals surface area contributed by atoms with Crippen LogP contribution in [0.15, 0.2) is 0 Å². The molecule has 15 heavy (non-hydrogen) atoms. The van der Waals surface area contributed by atoms with Crippen molar-refractivity contribution < 1.29 is 14.4 Å². The second kappa shape index (κ2) is 4.91. The monoisotopic (exact) mass is 212 g/mol. The van der Waals surface area contributed by atoms with Gasteiger partial charge in [0.05, 0.1) is 0 Å². The first-order chi connectivity index (χ1) is 7.11. The van der Waals surface area contributed by atoms with Crippen LogP contribution in [0.2, 0.25) is 0 Å². The van der Waals surface area contributed by atoms with Gasteiger partial charge in [-0.25, -0.2) is 4.79 Å². The Balaban J connectivity index is 2.74. The number of imide groups is 2. The molecule has 0 unspecified atom stereocenters. The molecule has 4 amide bonds. The van der Waals surface area contributed by atoms with Crippen molar-refractivity contribution in [2.24, 2.45) is 0 Å². The molecular formula is C10H16N2O3. The molecule has 1 fully saturated rings. The number of unbranched alkanes of at least 4 members (excludes halogenated alkanes) is 1. The number of nitrogens with zero attached hydrogens (tertiary/aromatic N) is 2. The molecule has 0 N–H and O–H groups in total. The topological polar surface area (TPSA) is 57.7 Å². The minimum absolute atomic E-state index is 0.177. The second-order valence-corrected chi connectivity index (χ2v) is 3.50. The van der Waals surface area contributed by atoms with E-state index in [0.29, 0.717) is 13.1 Å². The van der Waals surface area contributed by atoms with Crippen LogP contribution in [0.1, 0.15) is 33.1 Å². The van der Waals surface area contributed by atoms with Crippen LogP contribution in [-0.2, 0) is 9.59 Å². The minimum Gasteiger partial charge on any atom is -0.274 e. The first-order valence-electron chi connectivity index (χ1n) is 5.26. The van der Waals surface area contributed by atoms with Gasteiger partial charge in [-0.2, -0.15) is 0 Å². The predicted octanol–water partition coefficient (Wildman–Crippen LogP) is 0.987. The van der Waals surface area contributed by atoms with E-state index < -0.39 is 6.03 Å². The zero-order valence-corrected chi connectivity index (χ0v) is 9.15. The Kier molecular flexibility index (Phi) is 3.82. The highest BCUT2D eigenvalue weighted by Crippen LogP contribution is 2.12. The van der Waals surface area contributed by atoms with Crippen molar-refractivity contribution in [1.82, 2.24) is 9.80 Å². The Morgan fingerprint density at radius 1 is 1.07 bits per heavy atom. The number of hydrogen-bond acceptors (Lipinski definition) is 3. The molecule has 0 saturated carbocycles. The Morgan fingerprint density at radius 3 is 2.20 bits per heavy atom. The van der Waals surface area contributed by atoms with Crippen LogP contribution < -0.4 is 0 Å². The highest BCUT2D eigenvalue weighted by molar-refractivity contribution is 6.13. The molecule has 0 bridgehead atoms. The first kappa shape index (κ1) is 11.7. The number of hydrogen-bond donors (Lipinski definition) is 0. The molecule has 1 saturated heterocycles. The number of carbonyl (C=O) groups is 3. The van der Waals surface area contributed by atoms with E-state index in [0.717, 1.165) is 17.7 Å². The summed E-state index contributed by atoms with van der Waals surface area (Å²) in [4.78, 5) is 36.8. The van der Waals surface area contributed by atoms with Gasteiger partial charge in [-0.1, -0.05) is 13.3 Å². The summed E-state index contributed by atoms with van der Waals surface area (Å²) in [5.74, 6) is -0.761. The van der Waals surface area contributed by atoms with Crippen molar-refractivity contribution in [2.45, 2.75) is 33.1 Å². The van der Waals surface area contributed by atoms with Crippen LogP contribution in [-0.4, -0.2) is 40.7 Å². The molecule has 1 rings (SSSR count). The van der Waals surface area contributed by atoms with E-state index in [2.05, 4.69) is 0 Å². The summed E-state index contributed by atoms with van der Waals surface area (Å²) < 4.78 is 0. The molecule has 84 valence electrons. The molecule has 1 heterocycles. The highest BCUT2D eigenvalue weighted by Gasteiger charge is 2.36. The predicted molar refractivity (Wildman–Crippen MR) is 54.0 cm³/mol. The van der Waals surface area contributed by atoms with Crippen molar-refractivity contribution in [3.05, 3.63) is 0 Å². The largest absolute Gasteiger partial charge is 0.333 e. The molecule has 1 aliphatic rings. The standard InChI is InChI=1S/C10H16N2O3/c1-3-5-6-12-9(14)7-8(13)11(4-2)10(12)15/h3-7H2,1-2H3. The number of amides is 4. The van der Waals surface area contributed by atoms with E-state index in [1.165, 1.54) is 4.90 Å². The van der Waals surface area contributed by atoms with Crippen LogP contribution in [0.3, 0.4) is 0 Å². The lowest BCUT2D eigenvalue weighted by molar-refractivity contribution is -0.142. The third-order valence-corrected chi connectivity index (χ3v) is 2.42. The van der Waals surface area contributed by atoms with E-state index in [9.17, 15) is 14.4 Å². The molecule has 0 aromatic rings. The smallest absolute Gasteiger partial charge is 0.274 e. The molecule has 0 aromatic heterocycles. The maximum absolute atomic E-state index is 11.7. The van der Waals surface area contributed by atoms with Gasteiger partial charge in [0, 0.05) is 13.1 Å². The molecule has 0 aliphatic carbocycles. The Morgan fingerprint density at radius 2 is 1.67 bits per heavy atom. The fourth-order valence-corrected chi connectivity index (χ4v) is 1.53. The van der Waals surface area contributed by atoms with Gasteiger partial charge in [-0.15, -0.1) is 0 Å². The van der Waals surface area contributed by atoms with Gasteiger partial charge in [0.1, 0.15) is 6.42 Å². The molecule has 0 radical (unpaired) electrons. The second-order valence-electron chi connectivity index (χ2n) is 3.50. The van der Waals surface area contributed by atoms with Gasteiger partial charge in [-0.3, -0.25) is 19.4 Å². The normalized spacial score (nSPS) is 17.6. The van der Waals surface area contributed by atoms with Crippen LogP contribution >= 0.6 is 0 Å². The minimum atomic E-state index is -0.466. The van der Waals surface area contributed by atoms with Crippen molar-refractivity contribution in [2.75, 3.05) is 13.1 Å². The Labute approximate surface area is 89.0 Å². The van der Waals surface area contributed by atoms with Gasteiger partial charge in [0.15, 0.2) is 0 Å². The zero-order chi connectivity index (χ0) is 11.4. The molecule has 1 aliphatic heterocycles. The summed E-state index contributed by atoms with van der Waals surface area (Å²) >= 11 is 0. The van der Waals surface area contributed by atoms with Gasteiger partial charge in [0.2, 0.25) is 11.8 Å². The van der Waals surface area contributed by atoms with E-state index in [4.69, 9.17) is 0 Å². The number of rotatable bonds is 4. The molecule has 0 atom stereocenters. The summed E-state index contributed by atoms with van der Waals surface area (Å²) in [6.07, 6.45) is 1.52. The number of urea groups is 1. The van der Waals surface area contributed by atoms with Gasteiger partial charge >= 0.3 is 6.03 Å². The fourth-order valence-electron chi connectivity index (χ4n) is 1.53. The lowest BCUT2D eigenvalue weighted by atomic mass is 10.2. The number of barbiturate groups is 1. The summed E-state index contributed by atoms with van der Waals surface area (Å²) in [5.41, 5.74) is 0. The lowest BCUT2D eigenvalue weighted by Gasteiger charge is -2.31. The third kappa shape index (κ3) is 2.34. The Bertz CT molecular complexity index is 288. The van der Waals surface area contributed by atoms with Crippen LogP contribution in [0, 0.1) is 0 Å². The lowest BCUT2D eigenvalue weighted by Crippen LogP contribution is -2.55. The third-order valence-electron chi connectivity index (χ3n) is 2.42. The fraction of sp³-hybridized carbons (Fsp3) is 0.700. The van der Waals surface area contributed by atoms with Crippen LogP contribution in [0.25, 0.3) is 0 Å². The van der Waals surface area contributed by atoms with Gasteiger partial charge in [0.25, 0.3) is 0 Å². The summed E-state index contributed by atoms with van der Waals surface area (Å²) in [7, 11) is 0. The first-order valence-corrected chi connectivity index (χ1v) is 5.26. The summed E-state index contributed by atoms with van der Waals surface area (Å²) in [6.45, 7) is 4.46. The maximum Gasteiger partial charge on any atom is 0.333 e. The molecule has 0 aromatic carbocycles. The SMILES string of the molecule is CCCCN1C(=O)CC(=O)N(CC)C1=O. The van der Waals surface area contributed by atoms with Crippen molar-refractivity contribution in [3.8, 4) is 0 Å². The van der Waals surface area contributed by atoms with Crippen molar-refractivity contribution in [1.29, 1.82) is 0 Å². The van der Waals surface area contributed by atoms with Crippen LogP contribution in [0.5, 0.6) is 0 Å². The zero-order valence-electron chi connectivity index (χ0n) is 9.15.